The summed E-state index contributed by atoms with van der Waals surface area (Å²) >= 11 is 0. The molecule has 1 aliphatic heterocycles. The van der Waals surface area contributed by atoms with Gasteiger partial charge in [-0.25, -0.2) is 32.3 Å². The van der Waals surface area contributed by atoms with Crippen LogP contribution in [0.15, 0.2) is 85.9 Å². The van der Waals surface area contributed by atoms with Crippen molar-refractivity contribution in [3.8, 4) is 22.3 Å². The Morgan fingerprint density at radius 3 is 1.69 bits per heavy atom. The van der Waals surface area contributed by atoms with E-state index in [9.17, 15) is 74.9 Å². The molecule has 3 heterocycles. The molecule has 4 atom stereocenters. The van der Waals surface area contributed by atoms with E-state index in [1.54, 1.807) is 6.92 Å². The van der Waals surface area contributed by atoms with Crippen molar-refractivity contribution < 1.29 is 73.6 Å². The van der Waals surface area contributed by atoms with Gasteiger partial charge < -0.3 is 44.9 Å². The number of rotatable bonds is 19. The number of alkyl halides is 6. The standard InChI is InChI=1S/C57H57F9N8O11/c1-27-19-35(74-17-18-85-26-43(74)57(64,65)66)25-39(60)44(27)48(75)68-41(53(81)82)22-31-13-16-36(46-29(3)71(5)55(84)73(7)51(46)78)33(20-31)9-8-10-42(56(61,62)63)67-34-23-37(58)47(38(59)24-34)49(76)69-40(52(79)80)21-30-11-14-32(15-12-30)45-28(2)70(4)54(83)72(6)50(45)77/h11-16,19-20,23-25,40-43,67H,8-10,17-18,21-22,26H2,1-7H3,(H,68,75)(H,69,76)(H,79,80)(H,81,82)/t40-,41-,42+,43+/m0/s1. The van der Waals surface area contributed by atoms with E-state index in [0.717, 1.165) is 24.7 Å². The van der Waals surface area contributed by atoms with E-state index in [2.05, 4.69) is 5.32 Å². The third-order valence-electron chi connectivity index (χ3n) is 15.0. The highest BCUT2D eigenvalue weighted by Crippen LogP contribution is 2.35. The van der Waals surface area contributed by atoms with Crippen LogP contribution < -0.4 is 43.3 Å². The van der Waals surface area contributed by atoms with Crippen LogP contribution in [0.2, 0.25) is 0 Å². The molecule has 1 aliphatic rings. The first-order valence-corrected chi connectivity index (χ1v) is 26.1. The molecule has 0 saturated carbocycles. The van der Waals surface area contributed by atoms with Crippen molar-refractivity contribution in [2.45, 2.75) is 89.4 Å². The second-order valence-corrected chi connectivity index (χ2v) is 20.5. The Morgan fingerprint density at radius 1 is 0.659 bits per heavy atom. The van der Waals surface area contributed by atoms with E-state index >= 15 is 13.2 Å². The highest BCUT2D eigenvalue weighted by molar-refractivity contribution is 5.99. The Labute approximate surface area is 476 Å². The predicted octanol–water partition coefficient (Wildman–Crippen LogP) is 6.14. The van der Waals surface area contributed by atoms with Crippen LogP contribution in [0.1, 0.15) is 67.2 Å². The zero-order valence-electron chi connectivity index (χ0n) is 46.5. The highest BCUT2D eigenvalue weighted by atomic mass is 19.4. The summed E-state index contributed by atoms with van der Waals surface area (Å²) in [4.78, 5) is 104. The smallest absolute Gasteiger partial charge is 0.411 e. The third kappa shape index (κ3) is 13.7. The molecule has 85 heavy (non-hydrogen) atoms. The average Bonchev–Trinajstić information content (AvgIpc) is 1.87. The van der Waals surface area contributed by atoms with Gasteiger partial charge in [-0.3, -0.25) is 28.3 Å². The van der Waals surface area contributed by atoms with E-state index in [0.29, 0.717) is 29.5 Å². The van der Waals surface area contributed by atoms with Crippen LogP contribution in [0, 0.1) is 38.2 Å². The van der Waals surface area contributed by atoms with Crippen molar-refractivity contribution >= 4 is 35.1 Å². The number of benzene rings is 4. The molecule has 454 valence electrons. The molecular formula is C57H57F9N8O11. The lowest BCUT2D eigenvalue weighted by molar-refractivity contribution is -0.167. The number of ether oxygens (including phenoxy) is 1. The molecular weight excluding hydrogens is 1140 g/mol. The summed E-state index contributed by atoms with van der Waals surface area (Å²) in [5.74, 6) is -10.7. The lowest BCUT2D eigenvalue weighted by Crippen LogP contribution is -2.53. The van der Waals surface area contributed by atoms with E-state index in [1.807, 2.05) is 10.6 Å². The Morgan fingerprint density at radius 2 is 1.16 bits per heavy atom. The maximum atomic E-state index is 15.7. The molecule has 28 heteroatoms. The summed E-state index contributed by atoms with van der Waals surface area (Å²) in [6.45, 7) is 3.14. The van der Waals surface area contributed by atoms with Gasteiger partial charge >= 0.3 is 35.7 Å². The van der Waals surface area contributed by atoms with Gasteiger partial charge in [-0.1, -0.05) is 42.5 Å². The molecule has 0 unspecified atom stereocenters. The molecule has 0 radical (unpaired) electrons. The number of aromatic nitrogens is 4. The minimum Gasteiger partial charge on any atom is -0.480 e. The molecule has 19 nitrogen and oxygen atoms in total. The van der Waals surface area contributed by atoms with Gasteiger partial charge in [-0.15, -0.1) is 0 Å². The lowest BCUT2D eigenvalue weighted by atomic mass is 9.91. The number of carboxylic acid groups (broad SMARTS) is 2. The number of hydrogen-bond donors (Lipinski definition) is 5. The van der Waals surface area contributed by atoms with Gasteiger partial charge in [0.2, 0.25) is 0 Å². The maximum absolute atomic E-state index is 15.7. The second-order valence-electron chi connectivity index (χ2n) is 20.5. The van der Waals surface area contributed by atoms with E-state index in [-0.39, 0.29) is 69.9 Å². The van der Waals surface area contributed by atoms with Gasteiger partial charge in [0, 0.05) is 70.3 Å². The second kappa shape index (κ2) is 25.1. The summed E-state index contributed by atoms with van der Waals surface area (Å²) < 4.78 is 142. The molecule has 1 fully saturated rings. The van der Waals surface area contributed by atoms with Gasteiger partial charge in [0.15, 0.2) is 0 Å². The summed E-state index contributed by atoms with van der Waals surface area (Å²) in [5.41, 5.74) is -4.16. The van der Waals surface area contributed by atoms with Gasteiger partial charge in [0.05, 0.1) is 29.9 Å². The van der Waals surface area contributed by atoms with Crippen LogP contribution >= 0.6 is 0 Å². The van der Waals surface area contributed by atoms with Crippen molar-refractivity contribution in [1.82, 2.24) is 28.9 Å². The first-order valence-electron chi connectivity index (χ1n) is 26.1. The highest BCUT2D eigenvalue weighted by Gasteiger charge is 2.46. The Bertz CT molecular complexity index is 3830. The summed E-state index contributed by atoms with van der Waals surface area (Å²) in [5, 5.41) is 26.5. The Balaban J connectivity index is 1.09. The summed E-state index contributed by atoms with van der Waals surface area (Å²) in [6, 6.07) is 4.22. The SMILES string of the molecule is Cc1cc(N2CCOC[C@@H]2C(F)(F)F)cc(F)c1C(=O)N[C@@H](Cc1ccc(-c2c(C)n(C)c(=O)n(C)c2=O)c(CCC[C@@H](Nc2cc(F)c(C(=O)N[C@@H](Cc3ccc(-c4c(C)n(C)c(=O)n(C)c4=O)cc3)C(=O)O)c(F)c2)C(F)(F)F)c1)C(=O)O. The van der Waals surface area contributed by atoms with Gasteiger partial charge in [0.1, 0.15) is 47.2 Å². The number of amides is 2. The van der Waals surface area contributed by atoms with E-state index in [1.165, 1.54) is 89.1 Å². The predicted molar refractivity (Wildman–Crippen MR) is 291 cm³/mol. The van der Waals surface area contributed by atoms with E-state index in [4.69, 9.17) is 4.74 Å². The van der Waals surface area contributed by atoms with Crippen LogP contribution in [0.5, 0.6) is 0 Å². The maximum Gasteiger partial charge on any atom is 0.411 e. The number of carbonyl (C=O) groups excluding carboxylic acids is 2. The number of aryl methyl sites for hydroxylation is 2. The number of nitrogens with zero attached hydrogens (tertiary/aromatic N) is 5. The molecule has 0 bridgehead atoms. The van der Waals surface area contributed by atoms with Crippen LogP contribution in [-0.4, -0.2) is 109 Å². The molecule has 4 aromatic carbocycles. The fourth-order valence-corrected chi connectivity index (χ4v) is 10.2. The quantitative estimate of drug-likeness (QED) is 0.0573. The number of anilines is 2. The van der Waals surface area contributed by atoms with Crippen LogP contribution in [0.25, 0.3) is 22.3 Å². The molecule has 1 saturated heterocycles. The normalized spacial score (nSPS) is 14.8. The topological polar surface area (TPSA) is 245 Å². The van der Waals surface area contributed by atoms with Crippen molar-refractivity contribution in [2.75, 3.05) is 30.0 Å². The minimum absolute atomic E-state index is 0.0601. The Kier molecular flexibility index (Phi) is 18.8. The first kappa shape index (κ1) is 63.6. The van der Waals surface area contributed by atoms with Crippen molar-refractivity contribution in [2.24, 2.45) is 28.2 Å². The fraction of sp³-hybridized carbons (Fsp3) is 0.368. The monoisotopic (exact) mass is 1200 g/mol. The summed E-state index contributed by atoms with van der Waals surface area (Å²) in [6.07, 6.45) is -12.4. The van der Waals surface area contributed by atoms with E-state index < -0.39 is 149 Å². The van der Waals surface area contributed by atoms with Crippen LogP contribution in [0.3, 0.4) is 0 Å². The number of carboxylic acids is 2. The average molecular weight is 1200 g/mol. The molecule has 7 rings (SSSR count). The zero-order chi connectivity index (χ0) is 62.9. The number of carbonyl (C=O) groups is 4. The minimum atomic E-state index is -5.11. The number of hydrogen-bond acceptors (Lipinski definition) is 11. The summed E-state index contributed by atoms with van der Waals surface area (Å²) in [7, 11) is 5.31. The van der Waals surface area contributed by atoms with Crippen LogP contribution in [0.4, 0.5) is 50.9 Å². The molecule has 6 aromatic rings. The first-order chi connectivity index (χ1) is 39.7. The van der Waals surface area contributed by atoms with Gasteiger partial charge in [-0.2, -0.15) is 26.3 Å². The number of halogens is 9. The Hall–Kier alpha value is -8.95. The van der Waals surface area contributed by atoms with Gasteiger partial charge in [0.25, 0.3) is 22.9 Å². The van der Waals surface area contributed by atoms with Crippen LogP contribution in [-0.2, 0) is 61.8 Å². The van der Waals surface area contributed by atoms with Gasteiger partial charge in [-0.05, 0) is 97.7 Å². The molecule has 0 spiro atoms. The van der Waals surface area contributed by atoms with Crippen molar-refractivity contribution in [1.29, 1.82) is 0 Å². The number of morpholine rings is 1. The largest absolute Gasteiger partial charge is 0.480 e. The fourth-order valence-electron chi connectivity index (χ4n) is 10.2. The molecule has 0 aliphatic carbocycles. The van der Waals surface area contributed by atoms with Crippen molar-refractivity contribution in [3.05, 3.63) is 171 Å². The molecule has 2 amide bonds. The van der Waals surface area contributed by atoms with Crippen molar-refractivity contribution in [3.63, 3.8) is 0 Å². The zero-order valence-corrected chi connectivity index (χ0v) is 46.5. The molecule has 2 aromatic heterocycles. The lowest BCUT2D eigenvalue weighted by Gasteiger charge is -2.38. The third-order valence-corrected chi connectivity index (χ3v) is 15.0. The number of nitrogens with one attached hydrogen (secondary N) is 3. The number of aliphatic carboxylic acids is 2. The molecule has 5 N–H and O–H groups in total.